The van der Waals surface area contributed by atoms with Crippen LogP contribution in [0.15, 0.2) is 29.2 Å². The number of furan rings is 1. The molecule has 3 nitrogen and oxygen atoms in total. The van der Waals surface area contributed by atoms with Crippen LogP contribution in [0, 0.1) is 0 Å². The number of carbonyl (C=O) groups excluding carboxylic acids is 1. The second kappa shape index (κ2) is 3.52. The molecule has 0 radical (unpaired) electrons. The summed E-state index contributed by atoms with van der Waals surface area (Å²) in [4.78, 5) is 11.2. The fourth-order valence-corrected chi connectivity index (χ4v) is 1.57. The highest BCUT2D eigenvalue weighted by atomic mass is 16.3. The number of rotatable bonds is 2. The Kier molecular flexibility index (Phi) is 2.31. The van der Waals surface area contributed by atoms with E-state index in [-0.39, 0.29) is 11.5 Å². The van der Waals surface area contributed by atoms with Crippen LogP contribution < -0.4 is 0 Å². The fourth-order valence-electron chi connectivity index (χ4n) is 1.57. The van der Waals surface area contributed by atoms with Crippen LogP contribution in [-0.2, 0) is 0 Å². The number of hydrogen-bond donors (Lipinski definition) is 1. The lowest BCUT2D eigenvalue weighted by molar-refractivity contribution is 0.101. The van der Waals surface area contributed by atoms with E-state index in [2.05, 4.69) is 6.58 Å². The summed E-state index contributed by atoms with van der Waals surface area (Å²) in [5, 5.41) is 10.4. The highest BCUT2D eigenvalue weighted by molar-refractivity contribution is 6.00. The molecule has 0 saturated carbocycles. The predicted molar refractivity (Wildman–Crippen MR) is 62.6 cm³/mol. The van der Waals surface area contributed by atoms with Crippen molar-refractivity contribution < 1.29 is 14.3 Å². The Bertz CT molecular complexity index is 590. The molecule has 0 spiro atoms. The summed E-state index contributed by atoms with van der Waals surface area (Å²) in [6, 6.07) is 4.89. The number of phenolic OH excluding ortho intramolecular Hbond substituents is 1. The van der Waals surface area contributed by atoms with Gasteiger partial charge in [-0.1, -0.05) is 6.58 Å². The van der Waals surface area contributed by atoms with Crippen molar-refractivity contribution in [2.45, 2.75) is 13.8 Å². The molecule has 0 aliphatic carbocycles. The molecule has 0 bridgehead atoms. The number of benzene rings is 1. The number of allylic oxidation sites excluding steroid dienone is 1. The van der Waals surface area contributed by atoms with E-state index in [1.54, 1.807) is 6.07 Å². The molecule has 16 heavy (non-hydrogen) atoms. The van der Waals surface area contributed by atoms with Gasteiger partial charge in [0.2, 0.25) is 0 Å². The lowest BCUT2D eigenvalue weighted by atomic mass is 10.1. The fraction of sp³-hybridized carbons (Fsp3) is 0.154. The van der Waals surface area contributed by atoms with E-state index in [0.29, 0.717) is 16.9 Å². The molecule has 0 saturated heterocycles. The van der Waals surface area contributed by atoms with Crippen LogP contribution in [0.4, 0.5) is 0 Å². The van der Waals surface area contributed by atoms with Crippen LogP contribution in [0.3, 0.4) is 0 Å². The van der Waals surface area contributed by atoms with Crippen molar-refractivity contribution in [3.63, 3.8) is 0 Å². The average Bonchev–Trinajstić information content (AvgIpc) is 2.58. The van der Waals surface area contributed by atoms with Crippen LogP contribution in [0.2, 0.25) is 0 Å². The molecule has 3 heteroatoms. The first kappa shape index (κ1) is 10.5. The van der Waals surface area contributed by atoms with E-state index in [1.807, 2.05) is 13.0 Å². The van der Waals surface area contributed by atoms with Gasteiger partial charge in [0.05, 0.1) is 5.56 Å². The molecule has 0 amide bonds. The van der Waals surface area contributed by atoms with E-state index >= 15 is 0 Å². The number of ketones is 1. The van der Waals surface area contributed by atoms with Crippen LogP contribution in [-0.4, -0.2) is 10.9 Å². The zero-order valence-electron chi connectivity index (χ0n) is 9.20. The third-order valence-corrected chi connectivity index (χ3v) is 2.43. The molecule has 2 aromatic rings. The smallest absolute Gasteiger partial charge is 0.163 e. The molecule has 0 fully saturated rings. The van der Waals surface area contributed by atoms with Crippen molar-refractivity contribution in [3.8, 4) is 5.75 Å². The highest BCUT2D eigenvalue weighted by Gasteiger charge is 2.11. The third-order valence-electron chi connectivity index (χ3n) is 2.43. The molecular weight excluding hydrogens is 204 g/mol. The van der Waals surface area contributed by atoms with Gasteiger partial charge in [-0.2, -0.15) is 0 Å². The average molecular weight is 216 g/mol. The summed E-state index contributed by atoms with van der Waals surface area (Å²) in [5.74, 6) is 0.440. The lowest BCUT2D eigenvalue weighted by Crippen LogP contribution is -1.91. The Morgan fingerprint density at radius 1 is 1.31 bits per heavy atom. The third kappa shape index (κ3) is 1.60. The van der Waals surface area contributed by atoms with Crippen molar-refractivity contribution in [1.82, 2.24) is 0 Å². The minimum absolute atomic E-state index is 0.0531. The van der Waals surface area contributed by atoms with Crippen LogP contribution >= 0.6 is 0 Å². The van der Waals surface area contributed by atoms with Crippen molar-refractivity contribution in [2.75, 3.05) is 0 Å². The van der Waals surface area contributed by atoms with E-state index in [1.165, 1.54) is 13.0 Å². The Labute approximate surface area is 93.0 Å². The first-order chi connectivity index (χ1) is 7.49. The summed E-state index contributed by atoms with van der Waals surface area (Å²) in [5.41, 5.74) is 1.67. The van der Waals surface area contributed by atoms with Gasteiger partial charge in [-0.05, 0) is 31.6 Å². The lowest BCUT2D eigenvalue weighted by Gasteiger charge is -1.99. The standard InChI is InChI=1S/C13H12O3/c1-7(2)12-5-9-4-10(8(3)14)11(15)6-13(9)16-12/h4-6,15H,1H2,2-3H3. The van der Waals surface area contributed by atoms with Crippen molar-refractivity contribution in [2.24, 2.45) is 0 Å². The normalized spacial score (nSPS) is 10.6. The molecule has 0 aliphatic heterocycles. The second-order valence-electron chi connectivity index (χ2n) is 3.85. The number of phenols is 1. The number of hydrogen-bond acceptors (Lipinski definition) is 3. The molecule has 0 atom stereocenters. The van der Waals surface area contributed by atoms with Crippen molar-refractivity contribution in [1.29, 1.82) is 0 Å². The molecule has 0 aliphatic rings. The van der Waals surface area contributed by atoms with E-state index < -0.39 is 0 Å². The van der Waals surface area contributed by atoms with Gasteiger partial charge >= 0.3 is 0 Å². The highest BCUT2D eigenvalue weighted by Crippen LogP contribution is 2.29. The maximum Gasteiger partial charge on any atom is 0.163 e. The van der Waals surface area contributed by atoms with Gasteiger partial charge in [-0.15, -0.1) is 0 Å². The summed E-state index contributed by atoms with van der Waals surface area (Å²) in [6.45, 7) is 7.03. The molecule has 1 N–H and O–H groups in total. The summed E-state index contributed by atoms with van der Waals surface area (Å²) in [6.07, 6.45) is 0. The second-order valence-corrected chi connectivity index (χ2v) is 3.85. The number of aromatic hydroxyl groups is 1. The number of fused-ring (bicyclic) bond motifs is 1. The zero-order valence-corrected chi connectivity index (χ0v) is 9.20. The van der Waals surface area contributed by atoms with E-state index in [0.717, 1.165) is 11.0 Å². The van der Waals surface area contributed by atoms with Gasteiger partial charge in [0, 0.05) is 11.5 Å². The summed E-state index contributed by atoms with van der Waals surface area (Å²) >= 11 is 0. The molecule has 1 aromatic heterocycles. The van der Waals surface area contributed by atoms with Gasteiger partial charge in [0.15, 0.2) is 5.78 Å². The zero-order chi connectivity index (χ0) is 11.9. The topological polar surface area (TPSA) is 50.4 Å². The molecular formula is C13H12O3. The van der Waals surface area contributed by atoms with Gasteiger partial charge in [-0.3, -0.25) is 4.79 Å². The Morgan fingerprint density at radius 2 is 2.00 bits per heavy atom. The molecule has 2 rings (SSSR count). The quantitative estimate of drug-likeness (QED) is 0.783. The van der Waals surface area contributed by atoms with E-state index in [9.17, 15) is 9.90 Å². The summed E-state index contributed by atoms with van der Waals surface area (Å²) in [7, 11) is 0. The van der Waals surface area contributed by atoms with Gasteiger partial charge < -0.3 is 9.52 Å². The molecule has 0 unspecified atom stereocenters. The van der Waals surface area contributed by atoms with Crippen LogP contribution in [0.5, 0.6) is 5.75 Å². The Morgan fingerprint density at radius 3 is 2.56 bits per heavy atom. The molecule has 82 valence electrons. The first-order valence-corrected chi connectivity index (χ1v) is 4.92. The molecule has 1 heterocycles. The SMILES string of the molecule is C=C(C)c1cc2cc(C(C)=O)c(O)cc2o1. The maximum atomic E-state index is 11.2. The van der Waals surface area contributed by atoms with Crippen LogP contribution in [0.25, 0.3) is 16.5 Å². The van der Waals surface area contributed by atoms with Gasteiger partial charge in [0.25, 0.3) is 0 Å². The van der Waals surface area contributed by atoms with Crippen molar-refractivity contribution in [3.05, 3.63) is 36.1 Å². The van der Waals surface area contributed by atoms with E-state index in [4.69, 9.17) is 4.42 Å². The largest absolute Gasteiger partial charge is 0.507 e. The molecule has 1 aromatic carbocycles. The number of Topliss-reactive ketones (excluding diaryl/α,β-unsaturated/α-hetero) is 1. The van der Waals surface area contributed by atoms with Gasteiger partial charge in [-0.25, -0.2) is 0 Å². The predicted octanol–water partition coefficient (Wildman–Crippen LogP) is 3.37. The Hall–Kier alpha value is -2.03. The monoisotopic (exact) mass is 216 g/mol. The van der Waals surface area contributed by atoms with Gasteiger partial charge in [0.1, 0.15) is 17.1 Å². The minimum Gasteiger partial charge on any atom is -0.507 e. The minimum atomic E-state index is -0.169. The Balaban J connectivity index is 2.70. The maximum absolute atomic E-state index is 11.2. The first-order valence-electron chi connectivity index (χ1n) is 4.92. The summed E-state index contributed by atoms with van der Waals surface area (Å²) < 4.78 is 5.47. The van der Waals surface area contributed by atoms with Crippen molar-refractivity contribution >= 4 is 22.3 Å². The van der Waals surface area contributed by atoms with Crippen LogP contribution in [0.1, 0.15) is 30.0 Å². The number of carbonyl (C=O) groups is 1.